The van der Waals surface area contributed by atoms with Gasteiger partial charge in [-0.05, 0) is 36.2 Å². The molecule has 0 spiro atoms. The smallest absolute Gasteiger partial charge is 0.184 e. The molecule has 1 unspecified atom stereocenters. The first-order valence-electron chi connectivity index (χ1n) is 6.35. The van der Waals surface area contributed by atoms with Crippen LogP contribution < -0.4 is 11.1 Å². The SMILES string of the molecule is CCS(=O)(=O)c1c(N)nsc1NC(C)c1cccc(Cl)c1. The summed E-state index contributed by atoms with van der Waals surface area (Å²) < 4.78 is 28.1. The maximum Gasteiger partial charge on any atom is 0.184 e. The Labute approximate surface area is 133 Å². The van der Waals surface area contributed by atoms with Crippen molar-refractivity contribution in [2.24, 2.45) is 0 Å². The third-order valence-corrected chi connectivity index (χ3v) is 6.01. The van der Waals surface area contributed by atoms with Gasteiger partial charge in [0.25, 0.3) is 0 Å². The zero-order chi connectivity index (χ0) is 15.6. The van der Waals surface area contributed by atoms with Gasteiger partial charge in [-0.1, -0.05) is 30.7 Å². The highest BCUT2D eigenvalue weighted by molar-refractivity contribution is 7.91. The van der Waals surface area contributed by atoms with E-state index in [-0.39, 0.29) is 22.5 Å². The van der Waals surface area contributed by atoms with Crippen LogP contribution in [-0.2, 0) is 9.84 Å². The van der Waals surface area contributed by atoms with E-state index >= 15 is 0 Å². The maximum absolute atomic E-state index is 12.1. The molecule has 2 aromatic rings. The number of anilines is 2. The van der Waals surface area contributed by atoms with E-state index in [4.69, 9.17) is 17.3 Å². The van der Waals surface area contributed by atoms with E-state index < -0.39 is 9.84 Å². The van der Waals surface area contributed by atoms with E-state index in [0.717, 1.165) is 17.1 Å². The minimum absolute atomic E-state index is 0.0180. The molecule has 1 aromatic carbocycles. The predicted octanol–water partition coefficient (Wildman–Crippen LogP) is 3.35. The highest BCUT2D eigenvalue weighted by Gasteiger charge is 2.24. The summed E-state index contributed by atoms with van der Waals surface area (Å²) in [5.74, 6) is 0.0261. The lowest BCUT2D eigenvalue weighted by molar-refractivity contribution is 0.598. The number of rotatable bonds is 5. The minimum Gasteiger partial charge on any atom is -0.382 e. The predicted molar refractivity (Wildman–Crippen MR) is 87.7 cm³/mol. The molecule has 1 aromatic heterocycles. The summed E-state index contributed by atoms with van der Waals surface area (Å²) in [5, 5.41) is 4.24. The van der Waals surface area contributed by atoms with Gasteiger partial charge < -0.3 is 11.1 Å². The lowest BCUT2D eigenvalue weighted by atomic mass is 10.1. The lowest BCUT2D eigenvalue weighted by Crippen LogP contribution is -2.11. The van der Waals surface area contributed by atoms with Gasteiger partial charge in [0.15, 0.2) is 15.7 Å². The molecule has 2 rings (SSSR count). The number of benzene rings is 1. The van der Waals surface area contributed by atoms with Crippen LogP contribution in [0.5, 0.6) is 0 Å². The number of hydrogen-bond acceptors (Lipinski definition) is 6. The molecule has 5 nitrogen and oxygen atoms in total. The van der Waals surface area contributed by atoms with Gasteiger partial charge in [0.1, 0.15) is 9.90 Å². The highest BCUT2D eigenvalue weighted by Crippen LogP contribution is 2.34. The van der Waals surface area contributed by atoms with Crippen molar-refractivity contribution in [2.45, 2.75) is 24.8 Å². The van der Waals surface area contributed by atoms with E-state index in [2.05, 4.69) is 9.69 Å². The average molecular weight is 346 g/mol. The van der Waals surface area contributed by atoms with Gasteiger partial charge in [-0.25, -0.2) is 8.42 Å². The average Bonchev–Trinajstić information content (AvgIpc) is 2.80. The second-order valence-electron chi connectivity index (χ2n) is 4.55. The Balaban J connectivity index is 2.33. The van der Waals surface area contributed by atoms with Gasteiger partial charge >= 0.3 is 0 Å². The van der Waals surface area contributed by atoms with E-state index in [1.807, 2.05) is 25.1 Å². The van der Waals surface area contributed by atoms with Crippen LogP contribution in [0.3, 0.4) is 0 Å². The molecule has 0 bridgehead atoms. The van der Waals surface area contributed by atoms with Gasteiger partial charge in [0.05, 0.1) is 5.75 Å². The number of hydrogen-bond donors (Lipinski definition) is 2. The van der Waals surface area contributed by atoms with Crippen molar-refractivity contribution in [2.75, 3.05) is 16.8 Å². The Bertz CT molecular complexity index is 744. The molecule has 0 amide bonds. The first-order chi connectivity index (χ1) is 9.85. The molecular formula is C13H16ClN3O2S2. The summed E-state index contributed by atoms with van der Waals surface area (Å²) in [6.07, 6.45) is 0. The van der Waals surface area contributed by atoms with E-state index in [9.17, 15) is 8.42 Å². The van der Waals surface area contributed by atoms with Crippen LogP contribution in [0, 0.1) is 0 Å². The standard InChI is InChI=1S/C13H16ClN3O2S2/c1-3-21(18,19)11-12(15)17-20-13(11)16-8(2)9-5-4-6-10(14)7-9/h4-8,16H,3H2,1-2H3,(H2,15,17). The van der Waals surface area contributed by atoms with Crippen molar-refractivity contribution in [3.05, 3.63) is 34.9 Å². The molecule has 1 atom stereocenters. The van der Waals surface area contributed by atoms with Gasteiger partial charge in [-0.2, -0.15) is 4.37 Å². The van der Waals surface area contributed by atoms with Gasteiger partial charge in [0.2, 0.25) is 0 Å². The molecule has 8 heteroatoms. The Morgan fingerprint density at radius 2 is 2.19 bits per heavy atom. The zero-order valence-corrected chi connectivity index (χ0v) is 14.0. The van der Waals surface area contributed by atoms with Crippen LogP contribution in [0.25, 0.3) is 0 Å². The van der Waals surface area contributed by atoms with Crippen LogP contribution in [0.1, 0.15) is 25.5 Å². The van der Waals surface area contributed by atoms with Crippen LogP contribution in [0.2, 0.25) is 5.02 Å². The first-order valence-corrected chi connectivity index (χ1v) is 9.15. The number of halogens is 1. The number of nitrogen functional groups attached to an aromatic ring is 1. The molecule has 0 saturated heterocycles. The van der Waals surface area contributed by atoms with Crippen molar-refractivity contribution in [1.82, 2.24) is 4.37 Å². The van der Waals surface area contributed by atoms with Gasteiger partial charge in [-0.15, -0.1) is 0 Å². The van der Waals surface area contributed by atoms with Crippen LogP contribution >= 0.6 is 23.1 Å². The summed E-state index contributed by atoms with van der Waals surface area (Å²) >= 11 is 7.02. The molecule has 0 aliphatic carbocycles. The fraction of sp³-hybridized carbons (Fsp3) is 0.308. The van der Waals surface area contributed by atoms with Crippen molar-refractivity contribution in [1.29, 1.82) is 0 Å². The molecule has 0 fully saturated rings. The van der Waals surface area contributed by atoms with E-state index in [1.54, 1.807) is 13.0 Å². The summed E-state index contributed by atoms with van der Waals surface area (Å²) in [5.41, 5.74) is 6.65. The molecule has 0 saturated carbocycles. The van der Waals surface area contributed by atoms with Crippen molar-refractivity contribution >= 4 is 43.8 Å². The Morgan fingerprint density at radius 3 is 2.81 bits per heavy atom. The second-order valence-corrected chi connectivity index (χ2v) is 7.98. The largest absolute Gasteiger partial charge is 0.382 e. The maximum atomic E-state index is 12.1. The van der Waals surface area contributed by atoms with Crippen molar-refractivity contribution < 1.29 is 8.42 Å². The third kappa shape index (κ3) is 3.48. The number of sulfone groups is 1. The van der Waals surface area contributed by atoms with Gasteiger partial charge in [-0.3, -0.25) is 0 Å². The molecule has 3 N–H and O–H groups in total. The summed E-state index contributed by atoms with van der Waals surface area (Å²) in [6, 6.07) is 7.27. The fourth-order valence-electron chi connectivity index (χ4n) is 1.89. The normalized spacial score (nSPS) is 13.1. The molecule has 0 aliphatic rings. The first kappa shape index (κ1) is 16.1. The molecule has 21 heavy (non-hydrogen) atoms. The summed E-state index contributed by atoms with van der Waals surface area (Å²) in [4.78, 5) is 0.0869. The van der Waals surface area contributed by atoms with Crippen LogP contribution in [0.15, 0.2) is 29.2 Å². The van der Waals surface area contributed by atoms with E-state index in [0.29, 0.717) is 10.0 Å². The topological polar surface area (TPSA) is 85.1 Å². The van der Waals surface area contributed by atoms with Crippen LogP contribution in [-0.4, -0.2) is 18.5 Å². The molecular weight excluding hydrogens is 330 g/mol. The number of aromatic nitrogens is 1. The van der Waals surface area contributed by atoms with Crippen LogP contribution in [0.4, 0.5) is 10.8 Å². The van der Waals surface area contributed by atoms with Crippen molar-refractivity contribution in [3.63, 3.8) is 0 Å². The monoisotopic (exact) mass is 345 g/mol. The zero-order valence-electron chi connectivity index (χ0n) is 11.6. The Kier molecular flexibility index (Phi) is 4.75. The highest BCUT2D eigenvalue weighted by atomic mass is 35.5. The number of nitrogens with zero attached hydrogens (tertiary/aromatic N) is 1. The molecule has 114 valence electrons. The lowest BCUT2D eigenvalue weighted by Gasteiger charge is -2.15. The fourth-order valence-corrected chi connectivity index (χ4v) is 4.33. The number of nitrogens with two attached hydrogens (primary N) is 1. The van der Waals surface area contributed by atoms with Crippen molar-refractivity contribution in [3.8, 4) is 0 Å². The van der Waals surface area contributed by atoms with E-state index in [1.165, 1.54) is 0 Å². The summed E-state index contributed by atoms with van der Waals surface area (Å²) in [7, 11) is -3.42. The third-order valence-electron chi connectivity index (χ3n) is 3.06. The second kappa shape index (κ2) is 6.21. The summed E-state index contributed by atoms with van der Waals surface area (Å²) in [6.45, 7) is 3.50. The molecule has 1 heterocycles. The van der Waals surface area contributed by atoms with Gasteiger partial charge in [0, 0.05) is 11.1 Å². The quantitative estimate of drug-likeness (QED) is 0.868. The molecule has 0 aliphatic heterocycles. The Hall–Kier alpha value is -1.31. The Morgan fingerprint density at radius 1 is 1.48 bits per heavy atom. The number of nitrogens with one attached hydrogen (secondary N) is 1. The minimum atomic E-state index is -3.42. The molecule has 0 radical (unpaired) electrons.